The number of methoxy groups -OCH3 is 2. The van der Waals surface area contributed by atoms with Gasteiger partial charge in [0.15, 0.2) is 17.8 Å². The molecule has 0 spiro atoms. The highest BCUT2D eigenvalue weighted by atomic mass is 16.5. The molecule has 0 radical (unpaired) electrons. The minimum absolute atomic E-state index is 0.0868. The van der Waals surface area contributed by atoms with Gasteiger partial charge in [-0.05, 0) is 19.1 Å². The summed E-state index contributed by atoms with van der Waals surface area (Å²) in [5, 5.41) is 0. The highest BCUT2D eigenvalue weighted by molar-refractivity contribution is 6.01. The van der Waals surface area contributed by atoms with E-state index in [0.29, 0.717) is 12.0 Å². The molecule has 0 aromatic heterocycles. The van der Waals surface area contributed by atoms with Gasteiger partial charge >= 0.3 is 5.97 Å². The van der Waals surface area contributed by atoms with Crippen LogP contribution in [-0.2, 0) is 4.74 Å². The van der Waals surface area contributed by atoms with Gasteiger partial charge in [-0.2, -0.15) is 0 Å². The van der Waals surface area contributed by atoms with Crippen molar-refractivity contribution in [1.29, 1.82) is 0 Å². The summed E-state index contributed by atoms with van der Waals surface area (Å²) >= 11 is 0. The molecule has 5 nitrogen and oxygen atoms in total. The van der Waals surface area contributed by atoms with Crippen LogP contribution in [0.25, 0.3) is 0 Å². The van der Waals surface area contributed by atoms with Gasteiger partial charge in [0.25, 0.3) is 0 Å². The molecule has 1 aromatic rings. The molecule has 17 heavy (non-hydrogen) atoms. The molecule has 0 N–H and O–H groups in total. The molecule has 0 aliphatic carbocycles. The van der Waals surface area contributed by atoms with Crippen molar-refractivity contribution in [3.05, 3.63) is 23.3 Å². The molecule has 0 bridgehead atoms. The summed E-state index contributed by atoms with van der Waals surface area (Å²) in [6.07, 6.45) is 0.578. The van der Waals surface area contributed by atoms with Gasteiger partial charge in [0, 0.05) is 5.56 Å². The van der Waals surface area contributed by atoms with Gasteiger partial charge in [-0.25, -0.2) is 4.79 Å². The van der Waals surface area contributed by atoms with Gasteiger partial charge < -0.3 is 14.2 Å². The predicted octanol–water partition coefficient (Wildman–Crippen LogP) is 1.69. The Kier molecular flexibility index (Phi) is 4.51. The average Bonchev–Trinajstić information content (AvgIpc) is 2.36. The van der Waals surface area contributed by atoms with E-state index in [1.54, 1.807) is 13.0 Å². The third-order valence-electron chi connectivity index (χ3n) is 2.18. The minimum Gasteiger partial charge on any atom is -0.493 e. The number of ether oxygens (including phenoxy) is 3. The number of benzene rings is 1. The van der Waals surface area contributed by atoms with Crippen LogP contribution in [0.15, 0.2) is 12.1 Å². The van der Waals surface area contributed by atoms with Crippen molar-refractivity contribution in [2.24, 2.45) is 0 Å². The molecule has 0 aliphatic heterocycles. The van der Waals surface area contributed by atoms with Crippen LogP contribution < -0.4 is 9.47 Å². The van der Waals surface area contributed by atoms with E-state index in [1.165, 1.54) is 20.3 Å². The van der Waals surface area contributed by atoms with Crippen LogP contribution in [0.1, 0.15) is 27.6 Å². The average molecular weight is 238 g/mol. The number of aldehydes is 1. The van der Waals surface area contributed by atoms with E-state index in [4.69, 9.17) is 14.2 Å². The SMILES string of the molecule is CCOC(=O)c1c(C=O)ccc(OC)c1OC. The summed E-state index contributed by atoms with van der Waals surface area (Å²) in [5.74, 6) is -0.0259. The Morgan fingerprint density at radius 1 is 1.29 bits per heavy atom. The van der Waals surface area contributed by atoms with Crippen molar-refractivity contribution in [3.63, 3.8) is 0 Å². The Morgan fingerprint density at radius 3 is 2.47 bits per heavy atom. The van der Waals surface area contributed by atoms with Crippen LogP contribution in [0, 0.1) is 0 Å². The summed E-state index contributed by atoms with van der Waals surface area (Å²) in [7, 11) is 2.85. The number of esters is 1. The molecule has 0 aliphatic rings. The lowest BCUT2D eigenvalue weighted by Crippen LogP contribution is -2.11. The van der Waals surface area contributed by atoms with Crippen molar-refractivity contribution >= 4 is 12.3 Å². The van der Waals surface area contributed by atoms with Crippen LogP contribution in [0.4, 0.5) is 0 Å². The molecule has 0 fully saturated rings. The molecular weight excluding hydrogens is 224 g/mol. The van der Waals surface area contributed by atoms with E-state index in [-0.39, 0.29) is 23.5 Å². The zero-order valence-corrected chi connectivity index (χ0v) is 9.98. The third-order valence-corrected chi connectivity index (χ3v) is 2.18. The van der Waals surface area contributed by atoms with E-state index in [2.05, 4.69) is 0 Å². The van der Waals surface area contributed by atoms with Crippen LogP contribution in [0.2, 0.25) is 0 Å². The summed E-state index contributed by atoms with van der Waals surface area (Å²) in [5.41, 5.74) is 0.296. The van der Waals surface area contributed by atoms with Crippen molar-refractivity contribution in [2.45, 2.75) is 6.92 Å². The second-order valence-electron chi connectivity index (χ2n) is 3.10. The molecule has 0 saturated carbocycles. The largest absolute Gasteiger partial charge is 0.493 e. The Bertz CT molecular complexity index is 425. The minimum atomic E-state index is -0.606. The molecule has 5 heteroatoms. The number of carbonyl (C=O) groups excluding carboxylic acids is 2. The fourth-order valence-corrected chi connectivity index (χ4v) is 1.45. The zero-order valence-electron chi connectivity index (χ0n) is 9.98. The Labute approximate surface area is 99.3 Å². The molecule has 0 heterocycles. The molecular formula is C12H14O5. The Balaban J connectivity index is 3.39. The van der Waals surface area contributed by atoms with Gasteiger partial charge in [-0.3, -0.25) is 4.79 Å². The predicted molar refractivity (Wildman–Crippen MR) is 60.9 cm³/mol. The molecule has 92 valence electrons. The standard InChI is InChI=1S/C12H14O5/c1-4-17-12(14)10-8(7-13)5-6-9(15-2)11(10)16-3/h5-7H,4H2,1-3H3. The van der Waals surface area contributed by atoms with Gasteiger partial charge in [-0.15, -0.1) is 0 Å². The van der Waals surface area contributed by atoms with Crippen LogP contribution in [0.3, 0.4) is 0 Å². The van der Waals surface area contributed by atoms with Gasteiger partial charge in [0.2, 0.25) is 0 Å². The normalized spacial score (nSPS) is 9.59. The highest BCUT2D eigenvalue weighted by Gasteiger charge is 2.22. The molecule has 0 atom stereocenters. The lowest BCUT2D eigenvalue weighted by Gasteiger charge is -2.13. The molecule has 1 rings (SSSR count). The summed E-state index contributed by atoms with van der Waals surface area (Å²) in [6.45, 7) is 1.91. The fourth-order valence-electron chi connectivity index (χ4n) is 1.45. The molecule has 0 saturated heterocycles. The summed E-state index contributed by atoms with van der Waals surface area (Å²) in [6, 6.07) is 3.05. The van der Waals surface area contributed by atoms with E-state index in [1.807, 2.05) is 0 Å². The van der Waals surface area contributed by atoms with E-state index in [0.717, 1.165) is 0 Å². The van der Waals surface area contributed by atoms with Crippen LogP contribution in [0.5, 0.6) is 11.5 Å². The maximum absolute atomic E-state index is 11.8. The fraction of sp³-hybridized carbons (Fsp3) is 0.333. The third kappa shape index (κ3) is 2.55. The molecule has 0 amide bonds. The number of carbonyl (C=O) groups is 2. The smallest absolute Gasteiger partial charge is 0.342 e. The van der Waals surface area contributed by atoms with Crippen molar-refractivity contribution in [3.8, 4) is 11.5 Å². The summed E-state index contributed by atoms with van der Waals surface area (Å²) in [4.78, 5) is 22.7. The topological polar surface area (TPSA) is 61.8 Å². The molecule has 0 unspecified atom stereocenters. The first kappa shape index (κ1) is 13.0. The second-order valence-corrected chi connectivity index (χ2v) is 3.10. The zero-order chi connectivity index (χ0) is 12.8. The highest BCUT2D eigenvalue weighted by Crippen LogP contribution is 2.33. The van der Waals surface area contributed by atoms with E-state index < -0.39 is 5.97 Å². The van der Waals surface area contributed by atoms with Crippen molar-refractivity contribution < 1.29 is 23.8 Å². The van der Waals surface area contributed by atoms with Crippen molar-refractivity contribution in [2.75, 3.05) is 20.8 Å². The Morgan fingerprint density at radius 2 is 2.00 bits per heavy atom. The lowest BCUT2D eigenvalue weighted by atomic mass is 10.1. The van der Waals surface area contributed by atoms with Crippen LogP contribution in [-0.4, -0.2) is 33.1 Å². The first-order valence-electron chi connectivity index (χ1n) is 5.06. The number of rotatable bonds is 5. The quantitative estimate of drug-likeness (QED) is 0.577. The second kappa shape index (κ2) is 5.89. The number of hydrogen-bond acceptors (Lipinski definition) is 5. The van der Waals surface area contributed by atoms with E-state index in [9.17, 15) is 9.59 Å². The molecule has 1 aromatic carbocycles. The van der Waals surface area contributed by atoms with Gasteiger partial charge in [0.05, 0.1) is 20.8 Å². The monoisotopic (exact) mass is 238 g/mol. The summed E-state index contributed by atoms with van der Waals surface area (Å²) < 4.78 is 15.0. The van der Waals surface area contributed by atoms with Gasteiger partial charge in [-0.1, -0.05) is 0 Å². The first-order valence-corrected chi connectivity index (χ1v) is 5.06. The van der Waals surface area contributed by atoms with Gasteiger partial charge in [0.1, 0.15) is 5.56 Å². The van der Waals surface area contributed by atoms with Crippen molar-refractivity contribution in [1.82, 2.24) is 0 Å². The maximum Gasteiger partial charge on any atom is 0.342 e. The Hall–Kier alpha value is -2.04. The lowest BCUT2D eigenvalue weighted by molar-refractivity contribution is 0.0519. The number of hydrogen-bond donors (Lipinski definition) is 0. The first-order chi connectivity index (χ1) is 8.19. The van der Waals surface area contributed by atoms with E-state index >= 15 is 0 Å². The van der Waals surface area contributed by atoms with Crippen LogP contribution >= 0.6 is 0 Å². The maximum atomic E-state index is 11.8.